The van der Waals surface area contributed by atoms with Gasteiger partial charge in [0.15, 0.2) is 0 Å². The minimum Gasteiger partial charge on any atom is -0.355 e. The zero-order valence-electron chi connectivity index (χ0n) is 11.2. The third-order valence-corrected chi connectivity index (χ3v) is 4.33. The number of piperidine rings is 1. The van der Waals surface area contributed by atoms with E-state index in [0.717, 1.165) is 6.42 Å². The van der Waals surface area contributed by atoms with Crippen molar-refractivity contribution in [3.8, 4) is 0 Å². The highest BCUT2D eigenvalue weighted by Gasteiger charge is 2.28. The highest BCUT2D eigenvalue weighted by Crippen LogP contribution is 2.23. The maximum atomic E-state index is 12.2. The Hall–Kier alpha value is -1.06. The predicted molar refractivity (Wildman–Crippen MR) is 69.9 cm³/mol. The molecule has 2 amide bonds. The van der Waals surface area contributed by atoms with Gasteiger partial charge in [-0.3, -0.25) is 9.59 Å². The number of carbonyl (C=O) groups is 2. The third kappa shape index (κ3) is 3.47. The molecule has 2 aliphatic rings. The fourth-order valence-corrected chi connectivity index (χ4v) is 2.96. The number of nitrogens with one attached hydrogen (secondary N) is 2. The topological polar surface area (TPSA) is 58.2 Å². The van der Waals surface area contributed by atoms with Crippen molar-refractivity contribution in [1.82, 2.24) is 10.6 Å². The standard InChI is InChI=1S/C14H24N2O2/c1-10-5-3-2-4-6-12(10)16-14(18)11-7-8-13(17)15-9-11/h10-12H,2-9H2,1H3,(H,15,17)(H,16,18). The van der Waals surface area contributed by atoms with Crippen molar-refractivity contribution in [2.75, 3.05) is 6.54 Å². The summed E-state index contributed by atoms with van der Waals surface area (Å²) in [5.41, 5.74) is 0. The van der Waals surface area contributed by atoms with Crippen LogP contribution < -0.4 is 10.6 Å². The largest absolute Gasteiger partial charge is 0.355 e. The van der Waals surface area contributed by atoms with Gasteiger partial charge in [0.2, 0.25) is 11.8 Å². The van der Waals surface area contributed by atoms with Gasteiger partial charge in [0.05, 0.1) is 5.92 Å². The number of rotatable bonds is 2. The molecule has 1 heterocycles. The number of hydrogen-bond acceptors (Lipinski definition) is 2. The van der Waals surface area contributed by atoms with Gasteiger partial charge < -0.3 is 10.6 Å². The molecule has 0 spiro atoms. The van der Waals surface area contributed by atoms with Gasteiger partial charge in [0.25, 0.3) is 0 Å². The smallest absolute Gasteiger partial charge is 0.225 e. The van der Waals surface area contributed by atoms with Crippen molar-refractivity contribution < 1.29 is 9.59 Å². The average molecular weight is 252 g/mol. The van der Waals surface area contributed by atoms with Crippen LogP contribution >= 0.6 is 0 Å². The zero-order chi connectivity index (χ0) is 13.0. The summed E-state index contributed by atoms with van der Waals surface area (Å²) in [4.78, 5) is 23.2. The lowest BCUT2D eigenvalue weighted by Crippen LogP contribution is -2.47. The summed E-state index contributed by atoms with van der Waals surface area (Å²) in [5.74, 6) is 0.753. The molecule has 1 aliphatic heterocycles. The lowest BCUT2D eigenvalue weighted by atomic mass is 9.94. The van der Waals surface area contributed by atoms with Gasteiger partial charge >= 0.3 is 0 Å². The second kappa shape index (κ2) is 6.21. The van der Waals surface area contributed by atoms with E-state index in [1.165, 1.54) is 25.7 Å². The van der Waals surface area contributed by atoms with Crippen molar-refractivity contribution >= 4 is 11.8 Å². The van der Waals surface area contributed by atoms with Crippen molar-refractivity contribution in [3.63, 3.8) is 0 Å². The Balaban J connectivity index is 1.84. The Morgan fingerprint density at radius 2 is 2.00 bits per heavy atom. The summed E-state index contributed by atoms with van der Waals surface area (Å²) in [5, 5.41) is 5.98. The Labute approximate surface area is 109 Å². The maximum Gasteiger partial charge on any atom is 0.225 e. The van der Waals surface area contributed by atoms with Crippen LogP contribution in [0.3, 0.4) is 0 Å². The summed E-state index contributed by atoms with van der Waals surface area (Å²) in [7, 11) is 0. The molecule has 3 atom stereocenters. The molecule has 0 radical (unpaired) electrons. The Bertz CT molecular complexity index is 307. The molecule has 18 heavy (non-hydrogen) atoms. The zero-order valence-corrected chi connectivity index (χ0v) is 11.2. The summed E-state index contributed by atoms with van der Waals surface area (Å²) in [6.45, 7) is 2.74. The maximum absolute atomic E-state index is 12.2. The first-order valence-electron chi connectivity index (χ1n) is 7.24. The highest BCUT2D eigenvalue weighted by atomic mass is 16.2. The van der Waals surface area contributed by atoms with E-state index in [2.05, 4.69) is 17.6 Å². The van der Waals surface area contributed by atoms with Gasteiger partial charge in [-0.1, -0.05) is 26.2 Å². The quantitative estimate of drug-likeness (QED) is 0.733. The Kier molecular flexibility index (Phi) is 4.61. The molecule has 0 aromatic heterocycles. The van der Waals surface area contributed by atoms with Crippen LogP contribution in [0.1, 0.15) is 51.9 Å². The lowest BCUT2D eigenvalue weighted by Gasteiger charge is -2.27. The van der Waals surface area contributed by atoms with E-state index in [1.807, 2.05) is 0 Å². The highest BCUT2D eigenvalue weighted by molar-refractivity contribution is 5.83. The molecule has 3 unspecified atom stereocenters. The van der Waals surface area contributed by atoms with Crippen molar-refractivity contribution in [2.45, 2.75) is 57.9 Å². The second-order valence-electron chi connectivity index (χ2n) is 5.77. The molecular weight excluding hydrogens is 228 g/mol. The van der Waals surface area contributed by atoms with Crippen LogP contribution in [0.4, 0.5) is 0 Å². The molecular formula is C14H24N2O2. The first-order valence-corrected chi connectivity index (χ1v) is 7.24. The summed E-state index contributed by atoms with van der Waals surface area (Å²) < 4.78 is 0. The van der Waals surface area contributed by atoms with E-state index in [0.29, 0.717) is 31.3 Å². The van der Waals surface area contributed by atoms with Crippen molar-refractivity contribution in [1.29, 1.82) is 0 Å². The first-order chi connectivity index (χ1) is 8.66. The minimum atomic E-state index is -0.0295. The lowest BCUT2D eigenvalue weighted by molar-refractivity contribution is -0.129. The molecule has 0 aromatic carbocycles. The van der Waals surface area contributed by atoms with Gasteiger partial charge in [-0.15, -0.1) is 0 Å². The van der Waals surface area contributed by atoms with E-state index in [9.17, 15) is 9.59 Å². The number of carbonyl (C=O) groups excluding carboxylic acids is 2. The van der Waals surface area contributed by atoms with E-state index >= 15 is 0 Å². The van der Waals surface area contributed by atoms with E-state index in [4.69, 9.17) is 0 Å². The minimum absolute atomic E-state index is 0.0295. The van der Waals surface area contributed by atoms with E-state index < -0.39 is 0 Å². The number of amides is 2. The number of hydrogen-bond donors (Lipinski definition) is 2. The van der Waals surface area contributed by atoms with Gasteiger partial charge in [0, 0.05) is 19.0 Å². The molecule has 0 bridgehead atoms. The summed E-state index contributed by atoms with van der Waals surface area (Å²) in [6.07, 6.45) is 7.29. The van der Waals surface area contributed by atoms with Gasteiger partial charge in [0.1, 0.15) is 0 Å². The molecule has 2 fully saturated rings. The molecule has 1 saturated carbocycles. The summed E-state index contributed by atoms with van der Waals surface area (Å²) >= 11 is 0. The molecule has 1 aliphatic carbocycles. The van der Waals surface area contributed by atoms with Crippen LogP contribution in [0.5, 0.6) is 0 Å². The van der Waals surface area contributed by atoms with Gasteiger partial charge in [-0.25, -0.2) is 0 Å². The molecule has 2 N–H and O–H groups in total. The van der Waals surface area contributed by atoms with E-state index in [-0.39, 0.29) is 17.7 Å². The van der Waals surface area contributed by atoms with Crippen LogP contribution in [0.25, 0.3) is 0 Å². The molecule has 102 valence electrons. The van der Waals surface area contributed by atoms with Crippen LogP contribution in [0.2, 0.25) is 0 Å². The predicted octanol–water partition coefficient (Wildman–Crippen LogP) is 1.60. The fourth-order valence-electron chi connectivity index (χ4n) is 2.96. The van der Waals surface area contributed by atoms with Gasteiger partial charge in [-0.05, 0) is 25.2 Å². The Morgan fingerprint density at radius 1 is 1.22 bits per heavy atom. The Morgan fingerprint density at radius 3 is 2.72 bits per heavy atom. The van der Waals surface area contributed by atoms with E-state index in [1.54, 1.807) is 0 Å². The van der Waals surface area contributed by atoms with Crippen LogP contribution in [0.15, 0.2) is 0 Å². The second-order valence-corrected chi connectivity index (χ2v) is 5.77. The molecule has 4 nitrogen and oxygen atoms in total. The molecule has 4 heteroatoms. The third-order valence-electron chi connectivity index (χ3n) is 4.33. The monoisotopic (exact) mass is 252 g/mol. The van der Waals surface area contributed by atoms with Crippen LogP contribution in [0, 0.1) is 11.8 Å². The van der Waals surface area contributed by atoms with Crippen molar-refractivity contribution in [2.24, 2.45) is 11.8 Å². The SMILES string of the molecule is CC1CCCCCC1NC(=O)C1CCC(=O)NC1. The molecule has 2 rings (SSSR count). The van der Waals surface area contributed by atoms with Crippen molar-refractivity contribution in [3.05, 3.63) is 0 Å². The summed E-state index contributed by atoms with van der Waals surface area (Å²) in [6, 6.07) is 0.331. The molecule has 0 aromatic rings. The first kappa shape index (κ1) is 13.4. The molecule has 1 saturated heterocycles. The normalized spacial score (nSPS) is 33.4. The van der Waals surface area contributed by atoms with Crippen LogP contribution in [-0.4, -0.2) is 24.4 Å². The van der Waals surface area contributed by atoms with Crippen LogP contribution in [-0.2, 0) is 9.59 Å². The van der Waals surface area contributed by atoms with Gasteiger partial charge in [-0.2, -0.15) is 0 Å². The average Bonchev–Trinajstić information content (AvgIpc) is 2.56. The fraction of sp³-hybridized carbons (Fsp3) is 0.857.